The third-order valence-electron chi connectivity index (χ3n) is 4.45. The number of hydrogen-bond donors (Lipinski definition) is 1. The summed E-state index contributed by atoms with van der Waals surface area (Å²) in [5.41, 5.74) is 2.43. The fourth-order valence-corrected chi connectivity index (χ4v) is 3.49. The molecule has 24 heavy (non-hydrogen) atoms. The van der Waals surface area contributed by atoms with Crippen molar-refractivity contribution in [3.8, 4) is 0 Å². The molecule has 1 N–H and O–H groups in total. The highest BCUT2D eigenvalue weighted by Crippen LogP contribution is 2.19. The van der Waals surface area contributed by atoms with E-state index < -0.39 is 6.09 Å². The Morgan fingerprint density at radius 2 is 1.75 bits per heavy atom. The standard InChI is InChI=1S/C19H21BrN2O2/c20-17-8-6-15(7-9-17)12-18-14-21(10-11-22(18)19(23)24)13-16-4-2-1-3-5-16/h1-9,18H,10-14H2,(H,23,24)/t18-/m1/s1. The van der Waals surface area contributed by atoms with Crippen molar-refractivity contribution in [2.24, 2.45) is 0 Å². The molecule has 0 aromatic heterocycles. The number of hydrogen-bond acceptors (Lipinski definition) is 2. The van der Waals surface area contributed by atoms with Gasteiger partial charge >= 0.3 is 6.09 Å². The number of nitrogens with zero attached hydrogens (tertiary/aromatic N) is 2. The number of amides is 1. The SMILES string of the molecule is O=C(O)N1CCN(Cc2ccccc2)C[C@H]1Cc1ccc(Br)cc1. The van der Waals surface area contributed by atoms with Gasteiger partial charge in [0.25, 0.3) is 0 Å². The number of carbonyl (C=O) groups is 1. The fraction of sp³-hybridized carbons (Fsp3) is 0.316. The Morgan fingerprint density at radius 3 is 2.42 bits per heavy atom. The lowest BCUT2D eigenvalue weighted by atomic mass is 10.0. The van der Waals surface area contributed by atoms with Crippen LogP contribution in [-0.2, 0) is 13.0 Å². The lowest BCUT2D eigenvalue weighted by molar-refractivity contribution is 0.0645. The van der Waals surface area contributed by atoms with Crippen LogP contribution in [0.5, 0.6) is 0 Å². The topological polar surface area (TPSA) is 43.8 Å². The van der Waals surface area contributed by atoms with E-state index >= 15 is 0 Å². The molecule has 0 bridgehead atoms. The van der Waals surface area contributed by atoms with Crippen molar-refractivity contribution in [3.63, 3.8) is 0 Å². The fourth-order valence-electron chi connectivity index (χ4n) is 3.22. The second kappa shape index (κ2) is 7.81. The van der Waals surface area contributed by atoms with Gasteiger partial charge in [-0.1, -0.05) is 58.4 Å². The van der Waals surface area contributed by atoms with Crippen LogP contribution >= 0.6 is 15.9 Å². The average Bonchev–Trinajstić information content (AvgIpc) is 2.58. The molecule has 126 valence electrons. The first-order valence-corrected chi connectivity index (χ1v) is 8.91. The monoisotopic (exact) mass is 388 g/mol. The summed E-state index contributed by atoms with van der Waals surface area (Å²) in [7, 11) is 0. The Hall–Kier alpha value is -1.85. The largest absolute Gasteiger partial charge is 0.465 e. The molecule has 1 saturated heterocycles. The third kappa shape index (κ3) is 4.36. The maximum atomic E-state index is 11.6. The number of piperazine rings is 1. The van der Waals surface area contributed by atoms with Crippen molar-refractivity contribution in [1.29, 1.82) is 0 Å². The first-order valence-electron chi connectivity index (χ1n) is 8.12. The van der Waals surface area contributed by atoms with Gasteiger partial charge in [0.05, 0.1) is 6.04 Å². The second-order valence-corrected chi connectivity index (χ2v) is 7.10. The summed E-state index contributed by atoms with van der Waals surface area (Å²) in [5.74, 6) is 0. The van der Waals surface area contributed by atoms with Gasteiger partial charge in [-0.3, -0.25) is 4.90 Å². The van der Waals surface area contributed by atoms with Crippen LogP contribution in [0.15, 0.2) is 59.1 Å². The van der Waals surface area contributed by atoms with E-state index in [1.807, 2.05) is 30.3 Å². The van der Waals surface area contributed by atoms with E-state index in [1.54, 1.807) is 4.90 Å². The van der Waals surface area contributed by atoms with Crippen molar-refractivity contribution in [3.05, 3.63) is 70.2 Å². The molecule has 0 saturated carbocycles. The molecular formula is C19H21BrN2O2. The van der Waals surface area contributed by atoms with E-state index in [1.165, 1.54) is 5.56 Å². The highest BCUT2D eigenvalue weighted by atomic mass is 79.9. The zero-order valence-corrected chi connectivity index (χ0v) is 15.0. The highest BCUT2D eigenvalue weighted by Gasteiger charge is 2.30. The molecule has 1 heterocycles. The molecule has 2 aromatic carbocycles. The minimum atomic E-state index is -0.823. The predicted octanol–water partition coefficient (Wildman–Crippen LogP) is 3.86. The van der Waals surface area contributed by atoms with E-state index in [2.05, 4.69) is 45.1 Å². The van der Waals surface area contributed by atoms with Gasteiger partial charge in [0.15, 0.2) is 0 Å². The lowest BCUT2D eigenvalue weighted by Gasteiger charge is -2.40. The number of benzene rings is 2. The smallest absolute Gasteiger partial charge is 0.407 e. The summed E-state index contributed by atoms with van der Waals surface area (Å²) in [4.78, 5) is 15.5. The van der Waals surface area contributed by atoms with Gasteiger partial charge in [-0.15, -0.1) is 0 Å². The van der Waals surface area contributed by atoms with Gasteiger partial charge in [0.1, 0.15) is 0 Å². The number of halogens is 1. The molecule has 1 aliphatic rings. The van der Waals surface area contributed by atoms with Crippen LogP contribution in [-0.4, -0.2) is 46.7 Å². The molecule has 0 aliphatic carbocycles. The van der Waals surface area contributed by atoms with Crippen LogP contribution in [0.3, 0.4) is 0 Å². The third-order valence-corrected chi connectivity index (χ3v) is 4.97. The van der Waals surface area contributed by atoms with Gasteiger partial charge in [0, 0.05) is 30.7 Å². The van der Waals surface area contributed by atoms with E-state index in [0.29, 0.717) is 6.54 Å². The summed E-state index contributed by atoms with van der Waals surface area (Å²) >= 11 is 3.44. The molecule has 1 amide bonds. The summed E-state index contributed by atoms with van der Waals surface area (Å²) < 4.78 is 1.04. The molecule has 3 rings (SSSR count). The van der Waals surface area contributed by atoms with Crippen LogP contribution in [0.4, 0.5) is 4.79 Å². The van der Waals surface area contributed by atoms with Gasteiger partial charge in [0.2, 0.25) is 0 Å². The van der Waals surface area contributed by atoms with Crippen molar-refractivity contribution in [2.75, 3.05) is 19.6 Å². The number of carboxylic acid groups (broad SMARTS) is 1. The molecule has 2 aromatic rings. The zero-order valence-electron chi connectivity index (χ0n) is 13.4. The maximum Gasteiger partial charge on any atom is 0.407 e. The summed E-state index contributed by atoms with van der Waals surface area (Å²) in [5, 5.41) is 9.51. The van der Waals surface area contributed by atoms with Crippen LogP contribution < -0.4 is 0 Å². The van der Waals surface area contributed by atoms with Gasteiger partial charge in [-0.25, -0.2) is 4.79 Å². The van der Waals surface area contributed by atoms with Gasteiger partial charge in [-0.2, -0.15) is 0 Å². The summed E-state index contributed by atoms with van der Waals surface area (Å²) in [6.45, 7) is 2.96. The molecule has 1 atom stereocenters. The summed E-state index contributed by atoms with van der Waals surface area (Å²) in [6, 6.07) is 18.4. The minimum Gasteiger partial charge on any atom is -0.465 e. The molecular weight excluding hydrogens is 368 g/mol. The van der Waals surface area contributed by atoms with Crippen molar-refractivity contribution in [1.82, 2.24) is 9.80 Å². The Kier molecular flexibility index (Phi) is 5.53. The summed E-state index contributed by atoms with van der Waals surface area (Å²) in [6.07, 6.45) is -0.0818. The molecule has 0 spiro atoms. The van der Waals surface area contributed by atoms with Gasteiger partial charge < -0.3 is 10.0 Å². The van der Waals surface area contributed by atoms with Crippen LogP contribution in [0, 0.1) is 0 Å². The molecule has 5 heteroatoms. The van der Waals surface area contributed by atoms with Crippen molar-refractivity contribution in [2.45, 2.75) is 19.0 Å². The molecule has 0 unspecified atom stereocenters. The minimum absolute atomic E-state index is 0.0128. The van der Waals surface area contributed by atoms with Crippen LogP contribution in [0.2, 0.25) is 0 Å². The molecule has 0 radical (unpaired) electrons. The Labute approximate surface area is 150 Å². The average molecular weight is 389 g/mol. The highest BCUT2D eigenvalue weighted by molar-refractivity contribution is 9.10. The normalized spacial score (nSPS) is 18.5. The quantitative estimate of drug-likeness (QED) is 0.864. The van der Waals surface area contributed by atoms with E-state index in [9.17, 15) is 9.90 Å². The second-order valence-electron chi connectivity index (χ2n) is 6.18. The first kappa shape index (κ1) is 17.0. The van der Waals surface area contributed by atoms with Crippen molar-refractivity contribution >= 4 is 22.0 Å². The van der Waals surface area contributed by atoms with Gasteiger partial charge in [-0.05, 0) is 29.7 Å². The zero-order chi connectivity index (χ0) is 16.9. The molecule has 1 aliphatic heterocycles. The van der Waals surface area contributed by atoms with E-state index in [-0.39, 0.29) is 6.04 Å². The van der Waals surface area contributed by atoms with Crippen LogP contribution in [0.25, 0.3) is 0 Å². The Bertz CT molecular complexity index is 676. The first-order chi connectivity index (χ1) is 11.6. The van der Waals surface area contributed by atoms with Crippen molar-refractivity contribution < 1.29 is 9.90 Å². The molecule has 4 nitrogen and oxygen atoms in total. The number of rotatable bonds is 4. The Balaban J connectivity index is 1.69. The molecule has 1 fully saturated rings. The predicted molar refractivity (Wildman–Crippen MR) is 98.1 cm³/mol. The maximum absolute atomic E-state index is 11.6. The van der Waals surface area contributed by atoms with Crippen LogP contribution in [0.1, 0.15) is 11.1 Å². The van der Waals surface area contributed by atoms with E-state index in [4.69, 9.17) is 0 Å². The lowest BCUT2D eigenvalue weighted by Crippen LogP contribution is -2.55. The van der Waals surface area contributed by atoms with E-state index in [0.717, 1.165) is 36.1 Å². The Morgan fingerprint density at radius 1 is 1.04 bits per heavy atom.